The number of rotatable bonds is 5. The van der Waals surface area contributed by atoms with Crippen LogP contribution in [0, 0.1) is 12.8 Å². The van der Waals surface area contributed by atoms with Crippen LogP contribution in [0.3, 0.4) is 0 Å². The van der Waals surface area contributed by atoms with Gasteiger partial charge in [0.05, 0.1) is 29.4 Å². The number of benzene rings is 1. The number of para-hydroxylation sites is 1. The standard InChI is InChI=1S/C20H20ClN7O/c1-13(2)11-26-18(21)16(14(3)25-26)9-23-27-12-22-19-17(20(27)29)10-24-28(19)15-7-5-4-6-8-15/h4-10,12-13H,11H2,1-3H3/b23-9-. The van der Waals surface area contributed by atoms with E-state index in [-0.39, 0.29) is 5.56 Å². The van der Waals surface area contributed by atoms with Gasteiger partial charge in [0.2, 0.25) is 0 Å². The second-order valence-electron chi connectivity index (χ2n) is 7.13. The maximum atomic E-state index is 12.8. The summed E-state index contributed by atoms with van der Waals surface area (Å²) in [5.41, 5.74) is 2.43. The molecule has 0 bridgehead atoms. The maximum absolute atomic E-state index is 12.8. The summed E-state index contributed by atoms with van der Waals surface area (Å²) in [6.45, 7) is 6.76. The molecule has 3 heterocycles. The van der Waals surface area contributed by atoms with Crippen molar-refractivity contribution in [2.75, 3.05) is 0 Å². The third kappa shape index (κ3) is 3.58. The van der Waals surface area contributed by atoms with Crippen molar-refractivity contribution >= 4 is 28.8 Å². The largest absolute Gasteiger partial charge is 0.285 e. The summed E-state index contributed by atoms with van der Waals surface area (Å²) in [5.74, 6) is 0.409. The number of hydrogen-bond donors (Lipinski definition) is 0. The zero-order valence-electron chi connectivity index (χ0n) is 16.3. The number of aryl methyl sites for hydroxylation is 1. The highest BCUT2D eigenvalue weighted by atomic mass is 35.5. The fourth-order valence-electron chi connectivity index (χ4n) is 3.04. The third-order valence-electron chi connectivity index (χ3n) is 4.43. The lowest BCUT2D eigenvalue weighted by atomic mass is 10.2. The number of aromatic nitrogens is 6. The zero-order chi connectivity index (χ0) is 20.5. The summed E-state index contributed by atoms with van der Waals surface area (Å²) in [4.78, 5) is 17.2. The SMILES string of the molecule is Cc1nn(CC(C)C)c(Cl)c1/C=N\n1cnc2c(cnn2-c2ccccc2)c1=O. The van der Waals surface area contributed by atoms with Gasteiger partial charge in [0, 0.05) is 6.54 Å². The van der Waals surface area contributed by atoms with Crippen LogP contribution < -0.4 is 5.56 Å². The number of nitrogens with zero attached hydrogens (tertiary/aromatic N) is 7. The molecule has 1 aromatic carbocycles. The Balaban J connectivity index is 1.70. The van der Waals surface area contributed by atoms with Crippen LogP contribution in [0.15, 0.2) is 52.8 Å². The molecule has 0 atom stereocenters. The minimum atomic E-state index is -0.309. The maximum Gasteiger partial charge on any atom is 0.285 e. The van der Waals surface area contributed by atoms with Crippen molar-refractivity contribution in [1.82, 2.24) is 29.2 Å². The lowest BCUT2D eigenvalue weighted by Crippen LogP contribution is -2.17. The van der Waals surface area contributed by atoms with Gasteiger partial charge < -0.3 is 0 Å². The van der Waals surface area contributed by atoms with Gasteiger partial charge in [0.25, 0.3) is 5.56 Å². The number of halogens is 1. The predicted molar refractivity (Wildman–Crippen MR) is 113 cm³/mol. The van der Waals surface area contributed by atoms with Gasteiger partial charge >= 0.3 is 0 Å². The molecule has 0 aliphatic heterocycles. The molecule has 4 aromatic rings. The molecule has 0 aliphatic rings. The van der Waals surface area contributed by atoms with Gasteiger partial charge in [-0.1, -0.05) is 43.6 Å². The fourth-order valence-corrected chi connectivity index (χ4v) is 3.34. The van der Waals surface area contributed by atoms with E-state index in [1.54, 1.807) is 9.36 Å². The number of fused-ring (bicyclic) bond motifs is 1. The van der Waals surface area contributed by atoms with Crippen LogP contribution in [-0.4, -0.2) is 35.4 Å². The van der Waals surface area contributed by atoms with Crippen LogP contribution >= 0.6 is 11.6 Å². The fraction of sp³-hybridized carbons (Fsp3) is 0.250. The molecule has 0 aliphatic carbocycles. The summed E-state index contributed by atoms with van der Waals surface area (Å²) < 4.78 is 4.55. The minimum Gasteiger partial charge on any atom is -0.266 e. The topological polar surface area (TPSA) is 82.9 Å². The van der Waals surface area contributed by atoms with E-state index < -0.39 is 0 Å². The van der Waals surface area contributed by atoms with Crippen LogP contribution in [0.1, 0.15) is 25.1 Å². The van der Waals surface area contributed by atoms with E-state index in [1.807, 2.05) is 37.3 Å². The first-order valence-electron chi connectivity index (χ1n) is 9.23. The van der Waals surface area contributed by atoms with E-state index >= 15 is 0 Å². The average Bonchev–Trinajstić information content (AvgIpc) is 3.24. The molecular formula is C20H20ClN7O. The molecule has 4 rings (SSSR count). The molecule has 148 valence electrons. The Kier molecular flexibility index (Phi) is 5.02. The van der Waals surface area contributed by atoms with Gasteiger partial charge in [-0.3, -0.25) is 9.48 Å². The first-order valence-corrected chi connectivity index (χ1v) is 9.61. The minimum absolute atomic E-state index is 0.309. The van der Waals surface area contributed by atoms with Gasteiger partial charge in [-0.25, -0.2) is 9.67 Å². The first kappa shape index (κ1) is 19.1. The molecule has 0 saturated carbocycles. The number of hydrogen-bond acceptors (Lipinski definition) is 5. The Morgan fingerprint density at radius 3 is 2.72 bits per heavy atom. The second-order valence-corrected chi connectivity index (χ2v) is 7.49. The first-order chi connectivity index (χ1) is 14.0. The summed E-state index contributed by atoms with van der Waals surface area (Å²) in [5, 5.41) is 13.9. The molecule has 0 unspecified atom stereocenters. The highest BCUT2D eigenvalue weighted by Gasteiger charge is 2.14. The molecule has 0 saturated heterocycles. The predicted octanol–water partition coefficient (Wildman–Crippen LogP) is 3.28. The van der Waals surface area contributed by atoms with Crippen LogP contribution in [-0.2, 0) is 6.54 Å². The molecule has 9 heteroatoms. The summed E-state index contributed by atoms with van der Waals surface area (Å²) >= 11 is 6.44. The molecule has 0 fully saturated rings. The quantitative estimate of drug-likeness (QED) is 0.473. The van der Waals surface area contributed by atoms with Crippen molar-refractivity contribution in [3.05, 3.63) is 69.6 Å². The van der Waals surface area contributed by atoms with Gasteiger partial charge in [-0.15, -0.1) is 0 Å². The van der Waals surface area contributed by atoms with Crippen LogP contribution in [0.2, 0.25) is 5.15 Å². The molecule has 8 nitrogen and oxygen atoms in total. The van der Waals surface area contributed by atoms with Gasteiger partial charge in [0.15, 0.2) is 5.65 Å². The second kappa shape index (κ2) is 7.63. The van der Waals surface area contributed by atoms with E-state index in [1.165, 1.54) is 23.4 Å². The van der Waals surface area contributed by atoms with Crippen molar-refractivity contribution < 1.29 is 0 Å². The third-order valence-corrected chi connectivity index (χ3v) is 4.83. The summed E-state index contributed by atoms with van der Waals surface area (Å²) in [6.07, 6.45) is 4.42. The van der Waals surface area contributed by atoms with E-state index in [0.29, 0.717) is 34.2 Å². The van der Waals surface area contributed by atoms with Gasteiger partial charge in [-0.2, -0.15) is 20.0 Å². The molecule has 0 spiro atoms. The Bertz CT molecular complexity index is 1250. The Morgan fingerprint density at radius 2 is 2.00 bits per heavy atom. The Hall–Kier alpha value is -3.26. The van der Waals surface area contributed by atoms with Crippen LogP contribution in [0.25, 0.3) is 16.7 Å². The van der Waals surface area contributed by atoms with E-state index in [0.717, 1.165) is 11.4 Å². The van der Waals surface area contributed by atoms with Crippen molar-refractivity contribution in [2.45, 2.75) is 27.3 Å². The molecule has 0 amide bonds. The van der Waals surface area contributed by atoms with Crippen LogP contribution in [0.4, 0.5) is 0 Å². The van der Waals surface area contributed by atoms with E-state index in [4.69, 9.17) is 11.6 Å². The summed E-state index contributed by atoms with van der Waals surface area (Å²) in [7, 11) is 0. The van der Waals surface area contributed by atoms with Crippen molar-refractivity contribution in [3.8, 4) is 5.69 Å². The highest BCUT2D eigenvalue weighted by molar-refractivity contribution is 6.32. The smallest absolute Gasteiger partial charge is 0.266 e. The van der Waals surface area contributed by atoms with Crippen molar-refractivity contribution in [1.29, 1.82) is 0 Å². The molecule has 29 heavy (non-hydrogen) atoms. The van der Waals surface area contributed by atoms with Crippen molar-refractivity contribution in [3.63, 3.8) is 0 Å². The van der Waals surface area contributed by atoms with Crippen LogP contribution in [0.5, 0.6) is 0 Å². The summed E-state index contributed by atoms with van der Waals surface area (Å²) in [6, 6.07) is 9.52. The molecule has 0 radical (unpaired) electrons. The zero-order valence-corrected chi connectivity index (χ0v) is 17.1. The van der Waals surface area contributed by atoms with E-state index in [9.17, 15) is 4.79 Å². The molecule has 3 aromatic heterocycles. The van der Waals surface area contributed by atoms with Gasteiger partial charge in [-0.05, 0) is 25.0 Å². The lowest BCUT2D eigenvalue weighted by Gasteiger charge is -2.05. The highest BCUT2D eigenvalue weighted by Crippen LogP contribution is 2.19. The Morgan fingerprint density at radius 1 is 1.24 bits per heavy atom. The Labute approximate surface area is 172 Å². The van der Waals surface area contributed by atoms with Gasteiger partial charge in [0.1, 0.15) is 16.9 Å². The monoisotopic (exact) mass is 409 g/mol. The normalized spacial score (nSPS) is 11.9. The molecule has 0 N–H and O–H groups in total. The average molecular weight is 410 g/mol. The molecular weight excluding hydrogens is 390 g/mol. The van der Waals surface area contributed by atoms with E-state index in [2.05, 4.69) is 34.1 Å². The van der Waals surface area contributed by atoms with Crippen molar-refractivity contribution in [2.24, 2.45) is 11.0 Å². The lowest BCUT2D eigenvalue weighted by molar-refractivity contribution is 0.482.